The topological polar surface area (TPSA) is 28.0 Å². The Morgan fingerprint density at radius 2 is 1.67 bits per heavy atom. The molecule has 0 N–H and O–H groups in total. The van der Waals surface area contributed by atoms with Gasteiger partial charge in [0.15, 0.2) is 0 Å². The van der Waals surface area contributed by atoms with E-state index in [0.29, 0.717) is 6.04 Å². The Kier molecular flexibility index (Phi) is 4.55. The van der Waals surface area contributed by atoms with Crippen LogP contribution in [0.25, 0.3) is 0 Å². The molecule has 3 heteroatoms. The third-order valence-corrected chi connectivity index (χ3v) is 1.42. The lowest BCUT2D eigenvalue weighted by atomic mass is 10.4. The van der Waals surface area contributed by atoms with E-state index in [1.54, 1.807) is 0 Å². The summed E-state index contributed by atoms with van der Waals surface area (Å²) in [5.74, 6) is 1.83. The van der Waals surface area contributed by atoms with E-state index in [2.05, 4.69) is 9.98 Å². The van der Waals surface area contributed by atoms with Crippen LogP contribution in [-0.2, 0) is 0 Å². The van der Waals surface area contributed by atoms with Crippen molar-refractivity contribution < 1.29 is 0 Å². The SMILES string of the molecule is CC(=NC(C)C)N=C(C)N(C)C. The summed E-state index contributed by atoms with van der Waals surface area (Å²) in [6, 6.07) is 0.323. The largest absolute Gasteiger partial charge is 0.366 e. The fourth-order valence-corrected chi connectivity index (χ4v) is 0.737. The Morgan fingerprint density at radius 1 is 1.17 bits per heavy atom. The van der Waals surface area contributed by atoms with Crippen LogP contribution in [0, 0.1) is 0 Å². The van der Waals surface area contributed by atoms with Gasteiger partial charge < -0.3 is 4.90 Å². The van der Waals surface area contributed by atoms with Crippen molar-refractivity contribution in [1.29, 1.82) is 0 Å². The van der Waals surface area contributed by atoms with Crippen molar-refractivity contribution in [2.45, 2.75) is 33.7 Å². The molecule has 3 nitrogen and oxygen atoms in total. The van der Waals surface area contributed by atoms with E-state index in [4.69, 9.17) is 0 Å². The summed E-state index contributed by atoms with van der Waals surface area (Å²) < 4.78 is 0. The lowest BCUT2D eigenvalue weighted by molar-refractivity contribution is 0.619. The molecule has 0 fully saturated rings. The number of amidine groups is 2. The second-order valence-corrected chi connectivity index (χ2v) is 3.32. The Morgan fingerprint density at radius 3 is 2.00 bits per heavy atom. The number of aliphatic imine (C=N–C) groups is 2. The summed E-state index contributed by atoms with van der Waals surface area (Å²) in [5.41, 5.74) is 0. The summed E-state index contributed by atoms with van der Waals surface area (Å²) in [6.45, 7) is 7.99. The minimum Gasteiger partial charge on any atom is -0.366 e. The van der Waals surface area contributed by atoms with Crippen LogP contribution in [0.3, 0.4) is 0 Å². The van der Waals surface area contributed by atoms with Gasteiger partial charge in [-0.2, -0.15) is 0 Å². The van der Waals surface area contributed by atoms with Gasteiger partial charge in [0.25, 0.3) is 0 Å². The van der Waals surface area contributed by atoms with Gasteiger partial charge in [-0.25, -0.2) is 4.99 Å². The quantitative estimate of drug-likeness (QED) is 0.434. The minimum absolute atomic E-state index is 0.323. The van der Waals surface area contributed by atoms with Crippen LogP contribution in [0.15, 0.2) is 9.98 Å². The third-order valence-electron chi connectivity index (χ3n) is 1.42. The Hall–Kier alpha value is -0.860. The summed E-state index contributed by atoms with van der Waals surface area (Å²) in [5, 5.41) is 0. The molecule has 0 atom stereocenters. The Bertz CT molecular complexity index is 190. The molecule has 0 aliphatic carbocycles. The van der Waals surface area contributed by atoms with Crippen molar-refractivity contribution >= 4 is 11.7 Å². The normalized spacial score (nSPS) is 13.9. The first-order valence-electron chi connectivity index (χ1n) is 4.20. The molecule has 0 saturated carbocycles. The van der Waals surface area contributed by atoms with Gasteiger partial charge in [0.2, 0.25) is 0 Å². The van der Waals surface area contributed by atoms with Gasteiger partial charge in [0.05, 0.1) is 0 Å². The zero-order valence-electron chi connectivity index (χ0n) is 8.92. The standard InChI is InChI=1S/C9H19N3/c1-7(2)10-8(3)11-9(4)12(5)6/h7H,1-6H3. The van der Waals surface area contributed by atoms with E-state index in [-0.39, 0.29) is 0 Å². The first kappa shape index (κ1) is 11.1. The number of hydrogen-bond acceptors (Lipinski definition) is 1. The van der Waals surface area contributed by atoms with E-state index in [1.807, 2.05) is 46.7 Å². The molecule has 0 aliphatic heterocycles. The minimum atomic E-state index is 0.323. The summed E-state index contributed by atoms with van der Waals surface area (Å²) >= 11 is 0. The molecule has 0 radical (unpaired) electrons. The highest BCUT2D eigenvalue weighted by atomic mass is 15.1. The molecule has 0 amide bonds. The average Bonchev–Trinajstić information content (AvgIpc) is 1.84. The first-order valence-corrected chi connectivity index (χ1v) is 4.20. The first-order chi connectivity index (χ1) is 5.43. The molecule has 0 aromatic rings. The molecule has 0 bridgehead atoms. The zero-order chi connectivity index (χ0) is 9.72. The molecule has 70 valence electrons. The third kappa shape index (κ3) is 4.88. The molecule has 0 spiro atoms. The lowest BCUT2D eigenvalue weighted by Crippen LogP contribution is -2.19. The van der Waals surface area contributed by atoms with Crippen molar-refractivity contribution in [2.24, 2.45) is 9.98 Å². The number of nitrogens with zero attached hydrogens (tertiary/aromatic N) is 3. The maximum atomic E-state index is 4.31. The smallest absolute Gasteiger partial charge is 0.122 e. The molecule has 0 aliphatic rings. The number of rotatable bonds is 1. The molecular formula is C9H19N3. The van der Waals surface area contributed by atoms with E-state index >= 15 is 0 Å². The molecule has 12 heavy (non-hydrogen) atoms. The molecular weight excluding hydrogens is 150 g/mol. The number of hydrogen-bond donors (Lipinski definition) is 0. The maximum absolute atomic E-state index is 4.31. The van der Waals surface area contributed by atoms with Gasteiger partial charge in [-0.1, -0.05) is 0 Å². The van der Waals surface area contributed by atoms with E-state index in [1.165, 1.54) is 0 Å². The molecule has 0 aromatic heterocycles. The fourth-order valence-electron chi connectivity index (χ4n) is 0.737. The molecule has 0 rings (SSSR count). The lowest BCUT2D eigenvalue weighted by Gasteiger charge is -2.10. The van der Waals surface area contributed by atoms with Crippen LogP contribution in [-0.4, -0.2) is 36.7 Å². The van der Waals surface area contributed by atoms with E-state index < -0.39 is 0 Å². The molecule has 0 saturated heterocycles. The maximum Gasteiger partial charge on any atom is 0.122 e. The second kappa shape index (κ2) is 4.91. The van der Waals surface area contributed by atoms with Gasteiger partial charge in [0.1, 0.15) is 11.7 Å². The average molecular weight is 169 g/mol. The van der Waals surface area contributed by atoms with Crippen LogP contribution in [0.2, 0.25) is 0 Å². The van der Waals surface area contributed by atoms with Gasteiger partial charge in [-0.3, -0.25) is 4.99 Å². The van der Waals surface area contributed by atoms with Crippen LogP contribution in [0.4, 0.5) is 0 Å². The van der Waals surface area contributed by atoms with Crippen LogP contribution >= 0.6 is 0 Å². The summed E-state index contributed by atoms with van der Waals surface area (Å²) in [4.78, 5) is 10.6. The predicted molar refractivity (Wildman–Crippen MR) is 55.0 cm³/mol. The second-order valence-electron chi connectivity index (χ2n) is 3.32. The van der Waals surface area contributed by atoms with Gasteiger partial charge in [-0.05, 0) is 27.7 Å². The Labute approximate surface area is 75.2 Å². The highest BCUT2D eigenvalue weighted by Crippen LogP contribution is 1.91. The highest BCUT2D eigenvalue weighted by molar-refractivity contribution is 5.94. The zero-order valence-corrected chi connectivity index (χ0v) is 8.92. The van der Waals surface area contributed by atoms with Crippen molar-refractivity contribution in [3.8, 4) is 0 Å². The molecule has 0 unspecified atom stereocenters. The van der Waals surface area contributed by atoms with Crippen LogP contribution in [0.1, 0.15) is 27.7 Å². The van der Waals surface area contributed by atoms with Crippen molar-refractivity contribution in [1.82, 2.24) is 4.90 Å². The van der Waals surface area contributed by atoms with Crippen molar-refractivity contribution in [3.63, 3.8) is 0 Å². The van der Waals surface area contributed by atoms with Gasteiger partial charge >= 0.3 is 0 Å². The van der Waals surface area contributed by atoms with E-state index in [9.17, 15) is 0 Å². The summed E-state index contributed by atoms with van der Waals surface area (Å²) in [7, 11) is 3.95. The Balaban J connectivity index is 4.33. The van der Waals surface area contributed by atoms with E-state index in [0.717, 1.165) is 11.7 Å². The summed E-state index contributed by atoms with van der Waals surface area (Å²) in [6.07, 6.45) is 0. The van der Waals surface area contributed by atoms with Crippen LogP contribution in [0.5, 0.6) is 0 Å². The van der Waals surface area contributed by atoms with Gasteiger partial charge in [-0.15, -0.1) is 0 Å². The van der Waals surface area contributed by atoms with Gasteiger partial charge in [0, 0.05) is 20.1 Å². The molecule has 0 aromatic carbocycles. The highest BCUT2D eigenvalue weighted by Gasteiger charge is 1.94. The molecule has 0 heterocycles. The monoisotopic (exact) mass is 169 g/mol. The fraction of sp³-hybridized carbons (Fsp3) is 0.778. The van der Waals surface area contributed by atoms with Crippen molar-refractivity contribution in [2.75, 3.05) is 14.1 Å². The van der Waals surface area contributed by atoms with Crippen molar-refractivity contribution in [3.05, 3.63) is 0 Å². The van der Waals surface area contributed by atoms with Crippen LogP contribution < -0.4 is 0 Å². The predicted octanol–water partition coefficient (Wildman–Crippen LogP) is 1.79.